The van der Waals surface area contributed by atoms with Gasteiger partial charge in [-0.3, -0.25) is 24.2 Å². The zero-order chi connectivity index (χ0) is 17.1. The number of esters is 1. The second-order valence-electron chi connectivity index (χ2n) is 4.17. The molecule has 121 valence electrons. The molecule has 0 unspecified atom stereocenters. The molecule has 2 amide bonds. The first kappa shape index (κ1) is 18.0. The summed E-state index contributed by atoms with van der Waals surface area (Å²) in [4.78, 5) is 48.9. The van der Waals surface area contributed by atoms with Crippen molar-refractivity contribution in [2.24, 2.45) is 0 Å². The number of rotatable bonds is 8. The van der Waals surface area contributed by atoms with Crippen LogP contribution in [0, 0.1) is 0 Å². The summed E-state index contributed by atoms with van der Waals surface area (Å²) in [6.07, 6.45) is 3.59. The molecule has 0 fully saturated rings. The summed E-state index contributed by atoms with van der Waals surface area (Å²) < 4.78 is 4.68. The molecule has 1 aromatic heterocycles. The van der Waals surface area contributed by atoms with Crippen LogP contribution in [-0.4, -0.2) is 42.2 Å². The van der Waals surface area contributed by atoms with E-state index < -0.39 is 24.2 Å². The predicted octanol–water partition coefficient (Wildman–Crippen LogP) is -0.282. The number of carbonyl (C=O) groups is 3. The van der Waals surface area contributed by atoms with Crippen LogP contribution in [0.2, 0.25) is 0 Å². The lowest BCUT2D eigenvalue weighted by molar-refractivity contribution is -0.145. The molecule has 0 aliphatic carbocycles. The second-order valence-corrected chi connectivity index (χ2v) is 4.17. The number of amides is 2. The lowest BCUT2D eigenvalue weighted by Crippen LogP contribution is -2.28. The quantitative estimate of drug-likeness (QED) is 0.387. The van der Waals surface area contributed by atoms with Gasteiger partial charge in [0.05, 0.1) is 24.5 Å². The Morgan fingerprint density at radius 2 is 2.13 bits per heavy atom. The molecular weight excluding hydrogens is 302 g/mol. The van der Waals surface area contributed by atoms with Crippen molar-refractivity contribution in [2.45, 2.75) is 13.3 Å². The van der Waals surface area contributed by atoms with E-state index in [1.807, 2.05) is 0 Å². The number of pyridine rings is 1. The van der Waals surface area contributed by atoms with E-state index in [-0.39, 0.29) is 18.8 Å². The van der Waals surface area contributed by atoms with Gasteiger partial charge < -0.3 is 15.4 Å². The first-order valence-electron chi connectivity index (χ1n) is 6.78. The highest BCUT2D eigenvalue weighted by Crippen LogP contribution is 2.08. The van der Waals surface area contributed by atoms with E-state index in [4.69, 9.17) is 0 Å². The molecular formula is C15H16N3O5. The summed E-state index contributed by atoms with van der Waals surface area (Å²) in [5.74, 6) is -1.93. The average molecular weight is 318 g/mol. The van der Waals surface area contributed by atoms with Gasteiger partial charge in [-0.1, -0.05) is 6.07 Å². The zero-order valence-corrected chi connectivity index (χ0v) is 12.5. The van der Waals surface area contributed by atoms with Crippen molar-refractivity contribution in [1.29, 1.82) is 0 Å². The van der Waals surface area contributed by atoms with Crippen LogP contribution in [0.1, 0.15) is 19.0 Å². The van der Waals surface area contributed by atoms with Crippen molar-refractivity contribution >= 4 is 29.8 Å². The van der Waals surface area contributed by atoms with E-state index in [9.17, 15) is 19.2 Å². The molecule has 1 heterocycles. The topological polar surface area (TPSA) is 114 Å². The third kappa shape index (κ3) is 6.98. The van der Waals surface area contributed by atoms with E-state index in [2.05, 4.69) is 20.4 Å². The predicted molar refractivity (Wildman–Crippen MR) is 80.3 cm³/mol. The molecule has 0 bridgehead atoms. The first-order valence-corrected chi connectivity index (χ1v) is 6.78. The van der Waals surface area contributed by atoms with E-state index in [1.54, 1.807) is 25.1 Å². The fourth-order valence-electron chi connectivity index (χ4n) is 1.54. The van der Waals surface area contributed by atoms with E-state index in [0.717, 1.165) is 6.08 Å². The van der Waals surface area contributed by atoms with Crippen LogP contribution in [0.5, 0.6) is 0 Å². The maximum absolute atomic E-state index is 11.8. The van der Waals surface area contributed by atoms with Crippen molar-refractivity contribution in [3.05, 3.63) is 36.2 Å². The summed E-state index contributed by atoms with van der Waals surface area (Å²) >= 11 is 0. The summed E-state index contributed by atoms with van der Waals surface area (Å²) in [7, 11) is 0. The SMILES string of the molecule is CCOC(=O)CC(=O)NC(=CC(=O)NC[C]=O)c1ccccn1. The van der Waals surface area contributed by atoms with Gasteiger partial charge in [0.15, 0.2) is 0 Å². The number of hydrogen-bond donors (Lipinski definition) is 2. The molecule has 23 heavy (non-hydrogen) atoms. The third-order valence-electron chi connectivity index (χ3n) is 2.44. The monoisotopic (exact) mass is 318 g/mol. The van der Waals surface area contributed by atoms with Crippen molar-refractivity contribution in [2.75, 3.05) is 13.2 Å². The van der Waals surface area contributed by atoms with Gasteiger partial charge in [0.1, 0.15) is 6.42 Å². The number of ether oxygens (including phenoxy) is 1. The average Bonchev–Trinajstić information content (AvgIpc) is 2.53. The number of nitrogens with one attached hydrogen (secondary N) is 2. The van der Waals surface area contributed by atoms with Crippen LogP contribution in [0.25, 0.3) is 5.70 Å². The lowest BCUT2D eigenvalue weighted by Gasteiger charge is -2.09. The molecule has 1 aromatic rings. The smallest absolute Gasteiger partial charge is 0.315 e. The molecule has 0 atom stereocenters. The number of nitrogens with zero attached hydrogens (tertiary/aromatic N) is 1. The van der Waals surface area contributed by atoms with Crippen molar-refractivity contribution in [1.82, 2.24) is 15.6 Å². The minimum Gasteiger partial charge on any atom is -0.466 e. The molecule has 1 rings (SSSR count). The lowest BCUT2D eigenvalue weighted by atomic mass is 10.2. The van der Waals surface area contributed by atoms with Crippen LogP contribution in [-0.2, 0) is 23.9 Å². The summed E-state index contributed by atoms with van der Waals surface area (Å²) in [5, 5.41) is 4.69. The fraction of sp³-hybridized carbons (Fsp3) is 0.267. The van der Waals surface area contributed by atoms with Gasteiger partial charge in [0.2, 0.25) is 18.1 Å². The van der Waals surface area contributed by atoms with Crippen molar-refractivity contribution in [3.63, 3.8) is 0 Å². The molecule has 0 aromatic carbocycles. The maximum Gasteiger partial charge on any atom is 0.315 e. The Labute approximate surface area is 132 Å². The van der Waals surface area contributed by atoms with E-state index in [1.165, 1.54) is 12.5 Å². The summed E-state index contributed by atoms with van der Waals surface area (Å²) in [5.41, 5.74) is 0.429. The summed E-state index contributed by atoms with van der Waals surface area (Å²) in [6, 6.07) is 4.92. The fourth-order valence-corrected chi connectivity index (χ4v) is 1.54. The van der Waals surface area contributed by atoms with E-state index >= 15 is 0 Å². The molecule has 1 radical (unpaired) electrons. The van der Waals surface area contributed by atoms with Gasteiger partial charge in [0.25, 0.3) is 0 Å². The Morgan fingerprint density at radius 3 is 2.74 bits per heavy atom. The maximum atomic E-state index is 11.8. The number of carbonyl (C=O) groups excluding carboxylic acids is 4. The highest BCUT2D eigenvalue weighted by Gasteiger charge is 2.14. The molecule has 0 aliphatic rings. The molecule has 0 saturated heterocycles. The van der Waals surface area contributed by atoms with Crippen LogP contribution in [0.3, 0.4) is 0 Å². The highest BCUT2D eigenvalue weighted by atomic mass is 16.5. The summed E-state index contributed by atoms with van der Waals surface area (Å²) in [6.45, 7) is 1.52. The minimum atomic E-state index is -0.676. The van der Waals surface area contributed by atoms with Gasteiger partial charge in [-0.15, -0.1) is 0 Å². The van der Waals surface area contributed by atoms with Gasteiger partial charge in [-0.05, 0) is 19.1 Å². The van der Waals surface area contributed by atoms with Crippen LogP contribution < -0.4 is 10.6 Å². The Kier molecular flexibility index (Phi) is 7.70. The van der Waals surface area contributed by atoms with Crippen LogP contribution in [0.15, 0.2) is 30.5 Å². The molecule has 2 N–H and O–H groups in total. The Balaban J connectivity index is 2.86. The molecule has 8 heteroatoms. The first-order chi connectivity index (χ1) is 11.1. The van der Waals surface area contributed by atoms with Crippen molar-refractivity contribution in [3.8, 4) is 0 Å². The standard InChI is InChI=1S/C15H16N3O5/c1-2-23-15(22)10-14(21)18-12(9-13(20)17-7-8-19)11-5-3-4-6-16-11/h3-6,9H,2,7,10H2,1H3,(H,17,20)(H,18,21). The molecule has 8 nitrogen and oxygen atoms in total. The third-order valence-corrected chi connectivity index (χ3v) is 2.44. The Morgan fingerprint density at radius 1 is 1.35 bits per heavy atom. The van der Waals surface area contributed by atoms with Crippen LogP contribution >= 0.6 is 0 Å². The van der Waals surface area contributed by atoms with Crippen LogP contribution in [0.4, 0.5) is 0 Å². The normalized spacial score (nSPS) is 10.6. The largest absolute Gasteiger partial charge is 0.466 e. The van der Waals surface area contributed by atoms with E-state index in [0.29, 0.717) is 5.69 Å². The van der Waals surface area contributed by atoms with Gasteiger partial charge in [-0.25, -0.2) is 0 Å². The van der Waals surface area contributed by atoms with Gasteiger partial charge >= 0.3 is 5.97 Å². The van der Waals surface area contributed by atoms with Gasteiger partial charge in [0, 0.05) is 12.3 Å². The van der Waals surface area contributed by atoms with Crippen molar-refractivity contribution < 1.29 is 23.9 Å². The van der Waals surface area contributed by atoms with Gasteiger partial charge in [-0.2, -0.15) is 0 Å². The molecule has 0 spiro atoms. The highest BCUT2D eigenvalue weighted by molar-refractivity contribution is 6.02. The molecule has 0 saturated carbocycles. The Hall–Kier alpha value is -3.03. The second kappa shape index (κ2) is 9.82. The number of hydrogen-bond acceptors (Lipinski definition) is 6. The zero-order valence-electron chi connectivity index (χ0n) is 12.5. The molecule has 0 aliphatic heterocycles. The Bertz CT molecular complexity index is 598. The number of aromatic nitrogens is 1. The minimum absolute atomic E-state index is 0.100.